The molecule has 2 aromatic carbocycles. The van der Waals surface area contributed by atoms with Crippen LogP contribution in [0.5, 0.6) is 0 Å². The Morgan fingerprint density at radius 1 is 1.14 bits per heavy atom. The zero-order chi connectivity index (χ0) is 19.8. The summed E-state index contributed by atoms with van der Waals surface area (Å²) in [6.45, 7) is 4.46. The highest BCUT2D eigenvalue weighted by Crippen LogP contribution is 2.25. The average Bonchev–Trinajstić information content (AvgIpc) is 3.15. The summed E-state index contributed by atoms with van der Waals surface area (Å²) in [6.07, 6.45) is 0. The van der Waals surface area contributed by atoms with E-state index < -0.39 is 11.1 Å². The largest absolute Gasteiger partial charge is 0.334 e. The van der Waals surface area contributed by atoms with Crippen LogP contribution in [0.15, 0.2) is 61.0 Å². The Balaban J connectivity index is 1.80. The van der Waals surface area contributed by atoms with Crippen LogP contribution in [0.25, 0.3) is 33.9 Å². The minimum absolute atomic E-state index is 0.229. The maximum absolute atomic E-state index is 12.2. The first-order valence-corrected chi connectivity index (χ1v) is 9.58. The van der Waals surface area contributed by atoms with Gasteiger partial charge in [-0.3, -0.25) is 9.59 Å². The monoisotopic (exact) mass is 440 g/mol. The third kappa shape index (κ3) is 3.43. The van der Waals surface area contributed by atoms with Gasteiger partial charge in [0.15, 0.2) is 0 Å². The number of benzene rings is 2. The molecule has 0 amide bonds. The van der Waals surface area contributed by atoms with Gasteiger partial charge in [-0.2, -0.15) is 4.98 Å². The molecule has 8 heteroatoms. The number of hydrogen-bond acceptors (Lipinski definition) is 5. The van der Waals surface area contributed by atoms with Crippen LogP contribution in [-0.4, -0.2) is 19.7 Å². The molecule has 0 atom stereocenters. The lowest BCUT2D eigenvalue weighted by atomic mass is 10.1. The quantitative estimate of drug-likeness (QED) is 0.486. The first-order chi connectivity index (χ1) is 13.4. The minimum Gasteiger partial charge on any atom is -0.334 e. The molecule has 0 radical (unpaired) electrons. The van der Waals surface area contributed by atoms with Gasteiger partial charge in [0.05, 0.1) is 11.0 Å². The molecule has 0 bridgehead atoms. The van der Waals surface area contributed by atoms with Crippen LogP contribution in [0.1, 0.15) is 13.8 Å². The molecule has 4 aromatic rings. The van der Waals surface area contributed by atoms with Crippen molar-refractivity contribution in [1.29, 1.82) is 0 Å². The van der Waals surface area contributed by atoms with Gasteiger partial charge in [0, 0.05) is 22.1 Å². The average molecular weight is 441 g/mol. The lowest BCUT2D eigenvalue weighted by Gasteiger charge is -2.12. The summed E-state index contributed by atoms with van der Waals surface area (Å²) < 4.78 is 7.80. The highest BCUT2D eigenvalue weighted by atomic mass is 79.9. The van der Waals surface area contributed by atoms with E-state index in [2.05, 4.69) is 31.1 Å². The second kappa shape index (κ2) is 7.20. The van der Waals surface area contributed by atoms with Gasteiger partial charge in [-0.25, -0.2) is 0 Å². The number of nitrogens with zero attached hydrogens (tertiary/aromatic N) is 3. The van der Waals surface area contributed by atoms with Crippen LogP contribution < -0.4 is 11.1 Å². The van der Waals surface area contributed by atoms with Crippen molar-refractivity contribution >= 4 is 27.0 Å². The number of H-pyrrole nitrogens is 1. The molecule has 142 valence electrons. The SMILES string of the molecule is CC(C)Cn1c(=O)c(=O)[nH]c2cc(-c3noc(-c4cccc(Br)c4)n3)ccc21. The van der Waals surface area contributed by atoms with Gasteiger partial charge in [0.2, 0.25) is 5.82 Å². The summed E-state index contributed by atoms with van der Waals surface area (Å²) in [7, 11) is 0. The summed E-state index contributed by atoms with van der Waals surface area (Å²) in [5.41, 5.74) is 1.50. The molecule has 0 spiro atoms. The van der Waals surface area contributed by atoms with Gasteiger partial charge >= 0.3 is 11.1 Å². The molecule has 1 N–H and O–H groups in total. The van der Waals surface area contributed by atoms with Crippen LogP contribution in [0.3, 0.4) is 0 Å². The molecule has 0 saturated carbocycles. The van der Waals surface area contributed by atoms with Gasteiger partial charge in [-0.15, -0.1) is 0 Å². The van der Waals surface area contributed by atoms with Crippen molar-refractivity contribution in [3.8, 4) is 22.8 Å². The topological polar surface area (TPSA) is 93.8 Å². The highest BCUT2D eigenvalue weighted by molar-refractivity contribution is 9.10. The summed E-state index contributed by atoms with van der Waals surface area (Å²) in [6, 6.07) is 12.9. The number of fused-ring (bicyclic) bond motifs is 1. The summed E-state index contributed by atoms with van der Waals surface area (Å²) in [4.78, 5) is 31.4. The third-order valence-electron chi connectivity index (χ3n) is 4.28. The molecule has 4 rings (SSSR count). The molecule has 0 aliphatic carbocycles. The van der Waals surface area contributed by atoms with Crippen molar-refractivity contribution in [3.63, 3.8) is 0 Å². The van der Waals surface area contributed by atoms with Gasteiger partial charge in [-0.1, -0.05) is 41.0 Å². The molecule has 0 aliphatic rings. The number of nitrogens with one attached hydrogen (secondary N) is 1. The third-order valence-corrected chi connectivity index (χ3v) is 4.77. The van der Waals surface area contributed by atoms with Gasteiger partial charge in [0.1, 0.15) is 0 Å². The first kappa shape index (κ1) is 18.4. The van der Waals surface area contributed by atoms with Gasteiger partial charge in [-0.05, 0) is 42.3 Å². The van der Waals surface area contributed by atoms with Crippen LogP contribution in [0, 0.1) is 5.92 Å². The second-order valence-corrected chi connectivity index (χ2v) is 7.84. The van der Waals surface area contributed by atoms with E-state index in [1.165, 1.54) is 4.57 Å². The maximum Gasteiger partial charge on any atom is 0.316 e. The fourth-order valence-electron chi connectivity index (χ4n) is 3.04. The molecular weight excluding hydrogens is 424 g/mol. The Bertz CT molecular complexity index is 1290. The number of aromatic amines is 1. The van der Waals surface area contributed by atoms with Crippen molar-refractivity contribution in [1.82, 2.24) is 19.7 Å². The van der Waals surface area contributed by atoms with Crippen LogP contribution in [0.4, 0.5) is 0 Å². The number of hydrogen-bond donors (Lipinski definition) is 1. The Kier molecular flexibility index (Phi) is 4.72. The van der Waals surface area contributed by atoms with Gasteiger partial charge < -0.3 is 14.1 Å². The van der Waals surface area contributed by atoms with E-state index in [-0.39, 0.29) is 5.92 Å². The van der Waals surface area contributed by atoms with E-state index in [9.17, 15) is 9.59 Å². The zero-order valence-electron chi connectivity index (χ0n) is 15.3. The molecule has 0 saturated heterocycles. The molecule has 7 nitrogen and oxygen atoms in total. The lowest BCUT2D eigenvalue weighted by Crippen LogP contribution is -2.37. The highest BCUT2D eigenvalue weighted by Gasteiger charge is 2.14. The Labute approximate surface area is 168 Å². The van der Waals surface area contributed by atoms with E-state index in [1.54, 1.807) is 12.1 Å². The van der Waals surface area contributed by atoms with Crippen molar-refractivity contribution in [2.45, 2.75) is 20.4 Å². The molecular formula is C20H17BrN4O3. The lowest BCUT2D eigenvalue weighted by molar-refractivity contribution is 0.432. The van der Waals surface area contributed by atoms with E-state index in [4.69, 9.17) is 4.52 Å². The van der Waals surface area contributed by atoms with Crippen LogP contribution in [0.2, 0.25) is 0 Å². The van der Waals surface area contributed by atoms with Crippen molar-refractivity contribution in [2.75, 3.05) is 0 Å². The smallest absolute Gasteiger partial charge is 0.316 e. The van der Waals surface area contributed by atoms with E-state index in [0.29, 0.717) is 34.9 Å². The molecule has 0 fully saturated rings. The normalized spacial score (nSPS) is 11.4. The van der Waals surface area contributed by atoms with Crippen LogP contribution in [-0.2, 0) is 6.54 Å². The number of halogens is 1. The second-order valence-electron chi connectivity index (χ2n) is 6.93. The van der Waals surface area contributed by atoms with Gasteiger partial charge in [0.25, 0.3) is 5.89 Å². The van der Waals surface area contributed by atoms with E-state index in [1.807, 2.05) is 44.2 Å². The summed E-state index contributed by atoms with van der Waals surface area (Å²) >= 11 is 3.42. The Morgan fingerprint density at radius 3 is 2.71 bits per heavy atom. The van der Waals surface area contributed by atoms with Crippen LogP contribution >= 0.6 is 15.9 Å². The predicted molar refractivity (Wildman–Crippen MR) is 110 cm³/mol. The summed E-state index contributed by atoms with van der Waals surface area (Å²) in [5.74, 6) is 1.03. The molecule has 2 aromatic heterocycles. The Morgan fingerprint density at radius 2 is 1.96 bits per heavy atom. The van der Waals surface area contributed by atoms with Crippen molar-refractivity contribution in [2.24, 2.45) is 5.92 Å². The van der Waals surface area contributed by atoms with E-state index >= 15 is 0 Å². The maximum atomic E-state index is 12.2. The zero-order valence-corrected chi connectivity index (χ0v) is 16.9. The number of rotatable bonds is 4. The molecule has 2 heterocycles. The van der Waals surface area contributed by atoms with Crippen molar-refractivity contribution < 1.29 is 4.52 Å². The minimum atomic E-state index is -0.645. The fourth-order valence-corrected chi connectivity index (χ4v) is 3.44. The first-order valence-electron chi connectivity index (χ1n) is 8.79. The standard InChI is InChI=1S/C20H17BrN4O3/c1-11(2)10-25-16-7-6-12(9-15(16)22-18(26)20(25)27)17-23-19(28-24-17)13-4-3-5-14(21)8-13/h3-9,11H,10H2,1-2H3,(H,22,26). The molecule has 0 unspecified atom stereocenters. The summed E-state index contributed by atoms with van der Waals surface area (Å²) in [5, 5.41) is 4.05. The molecule has 28 heavy (non-hydrogen) atoms. The van der Waals surface area contributed by atoms with Crippen molar-refractivity contribution in [3.05, 3.63) is 67.6 Å². The fraction of sp³-hybridized carbons (Fsp3) is 0.200. The molecule has 0 aliphatic heterocycles. The predicted octanol–water partition coefficient (Wildman–Crippen LogP) is 3.83. The van der Waals surface area contributed by atoms with E-state index in [0.717, 1.165) is 10.0 Å². The Hall–Kier alpha value is -3.00. The number of aromatic nitrogens is 4.